The molecule has 0 aliphatic heterocycles. The zero-order chi connectivity index (χ0) is 13.8. The number of carbonyl (C=O) groups excluding carboxylic acids is 1. The van der Waals surface area contributed by atoms with Gasteiger partial charge in [-0.05, 0) is 42.5 Å². The Morgan fingerprint density at radius 1 is 1.00 bits per heavy atom. The first-order valence-corrected chi connectivity index (χ1v) is 5.41. The number of rotatable bonds is 3. The van der Waals surface area contributed by atoms with Gasteiger partial charge in [0, 0.05) is 0 Å². The van der Waals surface area contributed by atoms with E-state index in [0.717, 1.165) is 18.2 Å². The largest absolute Gasteiger partial charge is 0.497 e. The number of carbonyl (C=O) groups is 1. The molecule has 0 aliphatic carbocycles. The van der Waals surface area contributed by atoms with Crippen molar-refractivity contribution in [3.8, 4) is 11.5 Å². The molecule has 0 bridgehead atoms. The number of hydrogen-bond donors (Lipinski definition) is 0. The van der Waals surface area contributed by atoms with Crippen LogP contribution in [0.25, 0.3) is 0 Å². The maximum Gasteiger partial charge on any atom is 0.346 e. The quantitative estimate of drug-likeness (QED) is 0.631. The molecule has 19 heavy (non-hydrogen) atoms. The lowest BCUT2D eigenvalue weighted by atomic mass is 10.2. The van der Waals surface area contributed by atoms with Crippen molar-refractivity contribution in [1.82, 2.24) is 0 Å². The second kappa shape index (κ2) is 5.48. The van der Waals surface area contributed by atoms with Crippen LogP contribution in [-0.2, 0) is 0 Å². The Kier molecular flexibility index (Phi) is 3.75. The van der Waals surface area contributed by atoms with Crippen LogP contribution in [-0.4, -0.2) is 13.1 Å². The zero-order valence-corrected chi connectivity index (χ0v) is 10.0. The van der Waals surface area contributed by atoms with E-state index in [2.05, 4.69) is 0 Å². The van der Waals surface area contributed by atoms with E-state index in [9.17, 15) is 13.6 Å². The Morgan fingerprint density at radius 2 is 1.63 bits per heavy atom. The lowest BCUT2D eigenvalue weighted by Crippen LogP contribution is -2.11. The Hall–Kier alpha value is -2.43. The maximum absolute atomic E-state index is 13.4. The van der Waals surface area contributed by atoms with E-state index in [4.69, 9.17) is 9.47 Å². The molecule has 0 saturated heterocycles. The van der Waals surface area contributed by atoms with Gasteiger partial charge in [-0.15, -0.1) is 0 Å². The van der Waals surface area contributed by atoms with Crippen molar-refractivity contribution in [1.29, 1.82) is 0 Å². The molecule has 2 aromatic carbocycles. The van der Waals surface area contributed by atoms with E-state index in [0.29, 0.717) is 5.75 Å². The number of hydrogen-bond acceptors (Lipinski definition) is 3. The molecule has 98 valence electrons. The van der Waals surface area contributed by atoms with E-state index >= 15 is 0 Å². The van der Waals surface area contributed by atoms with Crippen molar-refractivity contribution in [3.05, 3.63) is 59.7 Å². The summed E-state index contributed by atoms with van der Waals surface area (Å²) >= 11 is 0. The summed E-state index contributed by atoms with van der Waals surface area (Å²) in [6.07, 6.45) is 0. The van der Waals surface area contributed by atoms with Crippen LogP contribution in [0.2, 0.25) is 0 Å². The molecule has 0 amide bonds. The smallest absolute Gasteiger partial charge is 0.346 e. The van der Waals surface area contributed by atoms with Gasteiger partial charge in [-0.25, -0.2) is 13.6 Å². The molecule has 0 unspecified atom stereocenters. The standard InChI is InChI=1S/C14H10F2O3/c1-18-10-3-5-11(6-4-10)19-14(17)12-8-9(15)2-7-13(12)16/h2-8H,1H3. The third kappa shape index (κ3) is 3.07. The van der Waals surface area contributed by atoms with Crippen LogP contribution in [0, 0.1) is 11.6 Å². The maximum atomic E-state index is 13.4. The second-order valence-corrected chi connectivity index (χ2v) is 3.69. The van der Waals surface area contributed by atoms with Crippen LogP contribution in [0.15, 0.2) is 42.5 Å². The lowest BCUT2D eigenvalue weighted by Gasteiger charge is -2.06. The van der Waals surface area contributed by atoms with Crippen molar-refractivity contribution >= 4 is 5.97 Å². The molecule has 0 spiro atoms. The summed E-state index contributed by atoms with van der Waals surface area (Å²) in [5, 5.41) is 0. The first kappa shape index (κ1) is 13.0. The fourth-order valence-electron chi connectivity index (χ4n) is 1.46. The van der Waals surface area contributed by atoms with Gasteiger partial charge in [-0.3, -0.25) is 0 Å². The fourth-order valence-corrected chi connectivity index (χ4v) is 1.46. The third-order valence-electron chi connectivity index (χ3n) is 2.42. The van der Waals surface area contributed by atoms with Gasteiger partial charge < -0.3 is 9.47 Å². The number of benzene rings is 2. The molecule has 2 rings (SSSR count). The molecule has 0 N–H and O–H groups in total. The Balaban J connectivity index is 2.18. The first-order valence-electron chi connectivity index (χ1n) is 5.41. The van der Waals surface area contributed by atoms with Gasteiger partial charge in [-0.1, -0.05) is 0 Å². The fraction of sp³-hybridized carbons (Fsp3) is 0.0714. The van der Waals surface area contributed by atoms with Gasteiger partial charge >= 0.3 is 5.97 Å². The van der Waals surface area contributed by atoms with E-state index < -0.39 is 23.2 Å². The van der Waals surface area contributed by atoms with E-state index in [-0.39, 0.29) is 5.75 Å². The van der Waals surface area contributed by atoms with Crippen LogP contribution in [0.5, 0.6) is 11.5 Å². The van der Waals surface area contributed by atoms with Crippen LogP contribution in [0.1, 0.15) is 10.4 Å². The Morgan fingerprint density at radius 3 is 2.26 bits per heavy atom. The molecule has 0 atom stereocenters. The van der Waals surface area contributed by atoms with Crippen LogP contribution < -0.4 is 9.47 Å². The monoisotopic (exact) mass is 264 g/mol. The number of halogens is 2. The van der Waals surface area contributed by atoms with Gasteiger partial charge in [0.25, 0.3) is 0 Å². The van der Waals surface area contributed by atoms with Gasteiger partial charge in [0.05, 0.1) is 12.7 Å². The SMILES string of the molecule is COc1ccc(OC(=O)c2cc(F)ccc2F)cc1. The van der Waals surface area contributed by atoms with Gasteiger partial charge in [-0.2, -0.15) is 0 Å². The Bertz CT molecular complexity index is 594. The topological polar surface area (TPSA) is 35.5 Å². The average molecular weight is 264 g/mol. The van der Waals surface area contributed by atoms with E-state index in [1.807, 2.05) is 0 Å². The highest BCUT2D eigenvalue weighted by Gasteiger charge is 2.15. The van der Waals surface area contributed by atoms with Crippen molar-refractivity contribution in [2.75, 3.05) is 7.11 Å². The van der Waals surface area contributed by atoms with E-state index in [1.165, 1.54) is 19.2 Å². The molecule has 0 aliphatic rings. The zero-order valence-electron chi connectivity index (χ0n) is 10.0. The molecule has 0 fully saturated rings. The highest BCUT2D eigenvalue weighted by atomic mass is 19.1. The van der Waals surface area contributed by atoms with Crippen molar-refractivity contribution < 1.29 is 23.0 Å². The van der Waals surface area contributed by atoms with Crippen LogP contribution in [0.4, 0.5) is 8.78 Å². The van der Waals surface area contributed by atoms with Gasteiger partial charge in [0.1, 0.15) is 23.1 Å². The first-order chi connectivity index (χ1) is 9.10. The predicted molar refractivity (Wildman–Crippen MR) is 64.3 cm³/mol. The minimum Gasteiger partial charge on any atom is -0.497 e. The average Bonchev–Trinajstić information content (AvgIpc) is 2.42. The van der Waals surface area contributed by atoms with Gasteiger partial charge in [0.15, 0.2) is 0 Å². The highest BCUT2D eigenvalue weighted by Crippen LogP contribution is 2.19. The number of ether oxygens (including phenoxy) is 2. The molecular weight excluding hydrogens is 254 g/mol. The number of esters is 1. The summed E-state index contributed by atoms with van der Waals surface area (Å²) < 4.78 is 36.2. The molecular formula is C14H10F2O3. The molecule has 3 nitrogen and oxygen atoms in total. The third-order valence-corrected chi connectivity index (χ3v) is 2.42. The molecule has 0 heterocycles. The lowest BCUT2D eigenvalue weighted by molar-refractivity contribution is 0.0729. The summed E-state index contributed by atoms with van der Waals surface area (Å²) in [5.41, 5.74) is -0.448. The predicted octanol–water partition coefficient (Wildman–Crippen LogP) is 3.19. The van der Waals surface area contributed by atoms with Gasteiger partial charge in [0.2, 0.25) is 0 Å². The van der Waals surface area contributed by atoms with E-state index in [1.54, 1.807) is 12.1 Å². The minimum atomic E-state index is -0.956. The summed E-state index contributed by atoms with van der Waals surface area (Å²) in [7, 11) is 1.50. The molecule has 0 saturated carbocycles. The molecule has 5 heteroatoms. The molecule has 2 aromatic rings. The van der Waals surface area contributed by atoms with Crippen molar-refractivity contribution in [2.24, 2.45) is 0 Å². The number of methoxy groups -OCH3 is 1. The molecule has 0 aromatic heterocycles. The van der Waals surface area contributed by atoms with Crippen molar-refractivity contribution in [3.63, 3.8) is 0 Å². The Labute approximate surface area is 108 Å². The molecule has 0 radical (unpaired) electrons. The second-order valence-electron chi connectivity index (χ2n) is 3.69. The summed E-state index contributed by atoms with van der Waals surface area (Å²) in [5.74, 6) is -1.68. The van der Waals surface area contributed by atoms with Crippen molar-refractivity contribution in [2.45, 2.75) is 0 Å². The summed E-state index contributed by atoms with van der Waals surface area (Å²) in [4.78, 5) is 11.7. The highest BCUT2D eigenvalue weighted by molar-refractivity contribution is 5.91. The minimum absolute atomic E-state index is 0.217. The summed E-state index contributed by atoms with van der Waals surface area (Å²) in [6, 6.07) is 8.76. The van der Waals surface area contributed by atoms with Crippen LogP contribution in [0.3, 0.4) is 0 Å². The summed E-state index contributed by atoms with van der Waals surface area (Å²) in [6.45, 7) is 0. The normalized spacial score (nSPS) is 10.1. The van der Waals surface area contributed by atoms with Crippen LogP contribution >= 0.6 is 0 Å².